The summed E-state index contributed by atoms with van der Waals surface area (Å²) in [5.41, 5.74) is 4.44. The van der Waals surface area contributed by atoms with Crippen LogP contribution in [0, 0.1) is 0 Å². The number of carbonyl (C=O) groups excluding carboxylic acids is 1. The van der Waals surface area contributed by atoms with Gasteiger partial charge in [0.05, 0.1) is 12.6 Å². The summed E-state index contributed by atoms with van der Waals surface area (Å²) in [6.45, 7) is 2.59. The second kappa shape index (κ2) is 9.36. The summed E-state index contributed by atoms with van der Waals surface area (Å²) in [6.07, 6.45) is 5.52. The lowest BCUT2D eigenvalue weighted by Gasteiger charge is -2.34. The van der Waals surface area contributed by atoms with Crippen LogP contribution >= 0.6 is 0 Å². The number of nitrogens with one attached hydrogen (secondary N) is 1. The quantitative estimate of drug-likeness (QED) is 0.619. The van der Waals surface area contributed by atoms with Crippen LogP contribution in [0.2, 0.25) is 0 Å². The molecule has 2 aromatic carbocycles. The zero-order chi connectivity index (χ0) is 22.7. The molecule has 0 saturated carbocycles. The van der Waals surface area contributed by atoms with Crippen molar-refractivity contribution in [1.29, 1.82) is 0 Å². The molecule has 170 valence electrons. The first kappa shape index (κ1) is 21.7. The molecule has 5 heteroatoms. The third kappa shape index (κ3) is 4.64. The molecule has 1 aromatic heterocycles. The number of rotatable bonds is 5. The first-order chi connectivity index (χ1) is 16.1. The van der Waals surface area contributed by atoms with Crippen LogP contribution in [0.5, 0.6) is 5.75 Å². The SMILES string of the molecule is COc1cccc(-c2cccc(CN3C[C@@H](c4ccccn4)[C@@]4(CCCCC(=O)N4)C3)c2)c1. The molecule has 2 atom stereocenters. The number of aromatic nitrogens is 1. The number of methoxy groups -OCH3 is 1. The number of hydrogen-bond acceptors (Lipinski definition) is 4. The maximum absolute atomic E-state index is 12.6. The fourth-order valence-electron chi connectivity index (χ4n) is 5.50. The van der Waals surface area contributed by atoms with Crippen molar-refractivity contribution in [3.8, 4) is 16.9 Å². The normalized spacial score (nSPS) is 23.3. The fourth-order valence-corrected chi connectivity index (χ4v) is 5.50. The summed E-state index contributed by atoms with van der Waals surface area (Å²) in [7, 11) is 1.70. The third-order valence-corrected chi connectivity index (χ3v) is 7.06. The van der Waals surface area contributed by atoms with Gasteiger partial charge in [-0.25, -0.2) is 0 Å². The lowest BCUT2D eigenvalue weighted by atomic mass is 9.81. The van der Waals surface area contributed by atoms with E-state index in [1.54, 1.807) is 7.11 Å². The van der Waals surface area contributed by atoms with Crippen molar-refractivity contribution in [1.82, 2.24) is 15.2 Å². The van der Waals surface area contributed by atoms with Crippen molar-refractivity contribution < 1.29 is 9.53 Å². The average molecular weight is 442 g/mol. The van der Waals surface area contributed by atoms with E-state index in [0.29, 0.717) is 6.42 Å². The minimum absolute atomic E-state index is 0.176. The van der Waals surface area contributed by atoms with E-state index in [0.717, 1.165) is 55.9 Å². The topological polar surface area (TPSA) is 54.5 Å². The van der Waals surface area contributed by atoms with Crippen molar-refractivity contribution >= 4 is 5.91 Å². The van der Waals surface area contributed by atoms with E-state index in [1.807, 2.05) is 24.4 Å². The Balaban J connectivity index is 1.40. The Morgan fingerprint density at radius 2 is 1.91 bits per heavy atom. The predicted octanol–water partition coefficient (Wildman–Crippen LogP) is 4.79. The molecule has 0 aliphatic carbocycles. The summed E-state index contributed by atoms with van der Waals surface area (Å²) in [5, 5.41) is 3.43. The number of likely N-dealkylation sites (tertiary alicyclic amines) is 1. The highest BCUT2D eigenvalue weighted by molar-refractivity contribution is 5.77. The highest BCUT2D eigenvalue weighted by atomic mass is 16.5. The fraction of sp³-hybridized carbons (Fsp3) is 0.357. The number of ether oxygens (including phenoxy) is 1. The van der Waals surface area contributed by atoms with Crippen LogP contribution in [0.15, 0.2) is 72.9 Å². The summed E-state index contributed by atoms with van der Waals surface area (Å²) < 4.78 is 5.40. The minimum atomic E-state index is -0.244. The van der Waals surface area contributed by atoms with E-state index in [4.69, 9.17) is 4.74 Å². The van der Waals surface area contributed by atoms with E-state index in [1.165, 1.54) is 11.1 Å². The molecule has 2 aliphatic heterocycles. The monoisotopic (exact) mass is 441 g/mol. The molecular weight excluding hydrogens is 410 g/mol. The van der Waals surface area contributed by atoms with Crippen LogP contribution < -0.4 is 10.1 Å². The van der Waals surface area contributed by atoms with Gasteiger partial charge in [0, 0.05) is 43.9 Å². The van der Waals surface area contributed by atoms with Crippen LogP contribution in [-0.4, -0.2) is 41.5 Å². The first-order valence-corrected chi connectivity index (χ1v) is 11.8. The molecule has 1 N–H and O–H groups in total. The predicted molar refractivity (Wildman–Crippen MR) is 130 cm³/mol. The Morgan fingerprint density at radius 3 is 2.73 bits per heavy atom. The molecule has 0 unspecified atom stereocenters. The van der Waals surface area contributed by atoms with Crippen molar-refractivity contribution in [2.45, 2.75) is 43.7 Å². The smallest absolute Gasteiger partial charge is 0.220 e. The molecule has 2 saturated heterocycles. The summed E-state index contributed by atoms with van der Waals surface area (Å²) in [6, 6.07) is 23.0. The molecule has 33 heavy (non-hydrogen) atoms. The average Bonchev–Trinajstić information content (AvgIpc) is 3.08. The molecular formula is C28H31N3O2. The first-order valence-electron chi connectivity index (χ1n) is 11.8. The van der Waals surface area contributed by atoms with Gasteiger partial charge in [0.1, 0.15) is 5.75 Å². The van der Waals surface area contributed by atoms with Gasteiger partial charge < -0.3 is 10.1 Å². The maximum Gasteiger partial charge on any atom is 0.220 e. The molecule has 5 nitrogen and oxygen atoms in total. The van der Waals surface area contributed by atoms with E-state index in [-0.39, 0.29) is 17.4 Å². The Hall–Kier alpha value is -3.18. The number of carbonyl (C=O) groups is 1. The van der Waals surface area contributed by atoms with Gasteiger partial charge in [0.15, 0.2) is 0 Å². The van der Waals surface area contributed by atoms with Gasteiger partial charge in [0.25, 0.3) is 0 Å². The van der Waals surface area contributed by atoms with E-state index >= 15 is 0 Å². The molecule has 0 bridgehead atoms. The van der Waals surface area contributed by atoms with Gasteiger partial charge in [-0.05, 0) is 59.9 Å². The summed E-state index contributed by atoms with van der Waals surface area (Å²) in [4.78, 5) is 19.7. The third-order valence-electron chi connectivity index (χ3n) is 7.06. The van der Waals surface area contributed by atoms with Crippen molar-refractivity contribution in [2.75, 3.05) is 20.2 Å². The van der Waals surface area contributed by atoms with E-state index < -0.39 is 0 Å². The molecule has 0 radical (unpaired) electrons. The van der Waals surface area contributed by atoms with Crippen LogP contribution in [0.25, 0.3) is 11.1 Å². The maximum atomic E-state index is 12.6. The molecule has 2 fully saturated rings. The van der Waals surface area contributed by atoms with Gasteiger partial charge in [0.2, 0.25) is 5.91 Å². The highest BCUT2D eigenvalue weighted by Gasteiger charge is 2.49. The Bertz CT molecular complexity index is 1120. The number of pyridine rings is 1. The van der Waals surface area contributed by atoms with Gasteiger partial charge in [-0.2, -0.15) is 0 Å². The van der Waals surface area contributed by atoms with Crippen LogP contribution in [0.1, 0.15) is 42.9 Å². The Labute approximate surface area is 195 Å². The number of benzene rings is 2. The second-order valence-corrected chi connectivity index (χ2v) is 9.32. The summed E-state index contributed by atoms with van der Waals surface area (Å²) in [5.74, 6) is 1.24. The zero-order valence-electron chi connectivity index (χ0n) is 19.2. The Morgan fingerprint density at radius 1 is 1.06 bits per heavy atom. The second-order valence-electron chi connectivity index (χ2n) is 9.32. The molecule has 1 amide bonds. The van der Waals surface area contributed by atoms with Crippen LogP contribution in [0.3, 0.4) is 0 Å². The van der Waals surface area contributed by atoms with E-state index in [2.05, 4.69) is 63.7 Å². The van der Waals surface area contributed by atoms with Crippen molar-refractivity contribution in [3.63, 3.8) is 0 Å². The molecule has 3 aromatic rings. The molecule has 3 heterocycles. The van der Waals surface area contributed by atoms with Gasteiger partial charge >= 0.3 is 0 Å². The van der Waals surface area contributed by atoms with Crippen molar-refractivity contribution in [3.05, 3.63) is 84.2 Å². The van der Waals surface area contributed by atoms with Gasteiger partial charge in [-0.1, -0.05) is 42.8 Å². The minimum Gasteiger partial charge on any atom is -0.497 e. The number of nitrogens with zero attached hydrogens (tertiary/aromatic N) is 2. The molecule has 5 rings (SSSR count). The lowest BCUT2D eigenvalue weighted by Crippen LogP contribution is -2.52. The van der Waals surface area contributed by atoms with Gasteiger partial charge in [-0.3, -0.25) is 14.7 Å². The van der Waals surface area contributed by atoms with Crippen molar-refractivity contribution in [2.24, 2.45) is 0 Å². The van der Waals surface area contributed by atoms with Crippen LogP contribution in [-0.2, 0) is 11.3 Å². The van der Waals surface area contributed by atoms with E-state index in [9.17, 15) is 4.79 Å². The number of amides is 1. The van der Waals surface area contributed by atoms with Crippen LogP contribution in [0.4, 0.5) is 0 Å². The Kier molecular flexibility index (Phi) is 6.14. The zero-order valence-corrected chi connectivity index (χ0v) is 19.2. The van der Waals surface area contributed by atoms with Gasteiger partial charge in [-0.15, -0.1) is 0 Å². The highest BCUT2D eigenvalue weighted by Crippen LogP contribution is 2.40. The number of hydrogen-bond donors (Lipinski definition) is 1. The molecule has 1 spiro atoms. The summed E-state index contributed by atoms with van der Waals surface area (Å²) >= 11 is 0. The largest absolute Gasteiger partial charge is 0.497 e. The standard InChI is InChI=1S/C28H31N3O2/c1-33-24-11-7-10-23(17-24)22-9-6-8-21(16-22)18-31-19-25(26-12-3-5-15-29-26)28(20-31)14-4-2-13-27(32)30-28/h3,5-12,15-17,25H,2,4,13-14,18-20H2,1H3,(H,30,32)/t25-,28+/m0/s1. The lowest BCUT2D eigenvalue weighted by molar-refractivity contribution is -0.122. The molecule has 2 aliphatic rings.